The van der Waals surface area contributed by atoms with Crippen LogP contribution >= 0.6 is 0 Å². The van der Waals surface area contributed by atoms with Crippen LogP contribution in [0, 0.1) is 41.4 Å². The molecule has 12 N–H and O–H groups in total. The van der Waals surface area contributed by atoms with Crippen molar-refractivity contribution in [2.75, 3.05) is 79.3 Å². The van der Waals surface area contributed by atoms with Crippen LogP contribution in [0.15, 0.2) is 84.5 Å². The van der Waals surface area contributed by atoms with Crippen molar-refractivity contribution in [2.45, 2.75) is 121 Å². The molecule has 3 rings (SSSR count). The van der Waals surface area contributed by atoms with E-state index in [1.54, 1.807) is 0 Å². The van der Waals surface area contributed by atoms with Gasteiger partial charge in [-0.05, 0) is 174 Å². The minimum absolute atomic E-state index is 0.0383. The number of hydrogen-bond donors (Lipinski definition) is 12. The van der Waals surface area contributed by atoms with Crippen LogP contribution in [0.25, 0.3) is 0 Å². The van der Waals surface area contributed by atoms with Crippen LogP contribution in [-0.2, 0) is 0 Å². The maximum atomic E-state index is 9.68. The fourth-order valence-electron chi connectivity index (χ4n) is 9.45. The Bertz CT molecular complexity index is 1410. The Morgan fingerprint density at radius 3 is 1.14 bits per heavy atom. The van der Waals surface area contributed by atoms with Gasteiger partial charge in [0.05, 0.1) is 0 Å². The summed E-state index contributed by atoms with van der Waals surface area (Å²) in [6.45, 7) is 1.33. The second kappa shape index (κ2) is 41.4. The molecule has 1 aliphatic carbocycles. The number of hydrogen-bond acceptors (Lipinski definition) is 12. The van der Waals surface area contributed by atoms with Gasteiger partial charge in [-0.2, -0.15) is 0 Å². The quantitative estimate of drug-likeness (QED) is 0.0384. The Labute approximate surface area is 397 Å². The molecule has 0 heterocycles. The van der Waals surface area contributed by atoms with Crippen molar-refractivity contribution in [3.63, 3.8) is 0 Å². The van der Waals surface area contributed by atoms with E-state index in [0.29, 0.717) is 37.5 Å². The minimum atomic E-state index is 0.0383. The Morgan fingerprint density at radius 2 is 0.727 bits per heavy atom. The number of allylic oxidation sites excluding steroid dienone is 4. The van der Waals surface area contributed by atoms with Gasteiger partial charge in [0.2, 0.25) is 0 Å². The van der Waals surface area contributed by atoms with Crippen LogP contribution in [0.3, 0.4) is 0 Å². The third-order valence-corrected chi connectivity index (χ3v) is 13.3. The van der Waals surface area contributed by atoms with Crippen molar-refractivity contribution in [3.8, 4) is 0 Å². The van der Waals surface area contributed by atoms with Crippen molar-refractivity contribution in [1.82, 2.24) is 0 Å². The number of aliphatic hydroxyl groups excluding tert-OH is 12. The average molecular weight is 933 g/mol. The first-order valence-corrected chi connectivity index (χ1v) is 25.0. The molecule has 0 amide bonds. The van der Waals surface area contributed by atoms with Crippen molar-refractivity contribution in [3.05, 3.63) is 95.6 Å². The molecule has 0 saturated heterocycles. The van der Waals surface area contributed by atoms with Gasteiger partial charge in [0.15, 0.2) is 0 Å². The summed E-state index contributed by atoms with van der Waals surface area (Å²) in [5, 5.41) is 112. The molecule has 2 aromatic carbocycles. The molecule has 9 atom stereocenters. The molecule has 0 aromatic heterocycles. The Balaban J connectivity index is 0.000000495. The van der Waals surface area contributed by atoms with Gasteiger partial charge in [0, 0.05) is 79.3 Å². The zero-order valence-corrected chi connectivity index (χ0v) is 40.1. The van der Waals surface area contributed by atoms with Crippen LogP contribution in [0.1, 0.15) is 132 Å². The van der Waals surface area contributed by atoms with E-state index in [4.69, 9.17) is 25.5 Å². The van der Waals surface area contributed by atoms with Gasteiger partial charge >= 0.3 is 0 Å². The normalized spacial score (nSPS) is 16.6. The van der Waals surface area contributed by atoms with E-state index >= 15 is 0 Å². The summed E-state index contributed by atoms with van der Waals surface area (Å²) in [4.78, 5) is 0. The van der Waals surface area contributed by atoms with Gasteiger partial charge in [0.25, 0.3) is 0 Å². The minimum Gasteiger partial charge on any atom is -0.396 e. The fraction of sp³-hybridized carbons (Fsp3) is 0.704. The second-order valence-electron chi connectivity index (χ2n) is 18.5. The van der Waals surface area contributed by atoms with E-state index in [-0.39, 0.29) is 121 Å². The van der Waals surface area contributed by atoms with Gasteiger partial charge in [0.1, 0.15) is 0 Å². The largest absolute Gasteiger partial charge is 0.396 e. The Hall–Kier alpha value is -2.56. The summed E-state index contributed by atoms with van der Waals surface area (Å²) in [7, 11) is 0. The SMILES string of the molecule is OCCCC(CC(CO)CC(CO)CCO)c1ccccc1.OCCCC(CO)CC(CC(CO)CCO)c1ccccc1.OCCCC(CO)CC(CO)CC(CCO)C1=CC=CCC1. The lowest BCUT2D eigenvalue weighted by Gasteiger charge is -2.27. The standard InChI is InChI=1S/C18H32O4.2C18H30O4/c19-9-4-5-15(13-21)11-16(14-22)12-18(8-10-20)17-6-2-1-3-7-17;19-9-4-5-15(13-21)11-18(12-16(14-22)8-10-20)17-6-2-1-3-7-17;19-9-4-7-18(17-5-2-1-3-6-17)12-16(14-22)11-15(13-21)8-10-20/h1-2,6,15-16,18-22H,3-5,7-14H2;1-3,6-7,15-16,18-22H,4-5,8-14H2;1-3,5-6,15-16,18-22H,4,7-14H2. The summed E-state index contributed by atoms with van der Waals surface area (Å²) in [5.74, 6) is 1.52. The van der Waals surface area contributed by atoms with E-state index < -0.39 is 0 Å². The van der Waals surface area contributed by atoms with E-state index in [2.05, 4.69) is 42.5 Å². The first-order chi connectivity index (χ1) is 32.2. The Kier molecular flexibility index (Phi) is 38.6. The molecule has 0 spiro atoms. The van der Waals surface area contributed by atoms with E-state index in [1.165, 1.54) is 16.7 Å². The molecule has 0 bridgehead atoms. The zero-order valence-electron chi connectivity index (χ0n) is 40.1. The summed E-state index contributed by atoms with van der Waals surface area (Å²) >= 11 is 0. The van der Waals surface area contributed by atoms with Gasteiger partial charge in [-0.15, -0.1) is 0 Å². The highest BCUT2D eigenvalue weighted by atomic mass is 16.3. The fourth-order valence-corrected chi connectivity index (χ4v) is 9.45. The maximum Gasteiger partial charge on any atom is 0.0460 e. The molecule has 2 aromatic rings. The maximum absolute atomic E-state index is 9.68. The molecular formula is C54H92O12. The molecule has 1 aliphatic rings. The second-order valence-corrected chi connectivity index (χ2v) is 18.5. The number of benzene rings is 2. The third kappa shape index (κ3) is 27.4. The third-order valence-electron chi connectivity index (χ3n) is 13.3. The van der Waals surface area contributed by atoms with Crippen molar-refractivity contribution in [1.29, 1.82) is 0 Å². The van der Waals surface area contributed by atoms with Crippen LogP contribution in [-0.4, -0.2) is 141 Å². The summed E-state index contributed by atoms with van der Waals surface area (Å²) in [5.41, 5.74) is 3.81. The molecule has 0 aliphatic heterocycles. The van der Waals surface area contributed by atoms with Crippen LogP contribution in [0.5, 0.6) is 0 Å². The predicted octanol–water partition coefficient (Wildman–Crippen LogP) is 5.88. The molecule has 0 saturated carbocycles. The molecule has 0 fully saturated rings. The van der Waals surface area contributed by atoms with E-state index in [0.717, 1.165) is 83.5 Å². The van der Waals surface area contributed by atoms with Crippen LogP contribution in [0.4, 0.5) is 0 Å². The molecule has 66 heavy (non-hydrogen) atoms. The van der Waals surface area contributed by atoms with Gasteiger partial charge < -0.3 is 61.3 Å². The molecular weight excluding hydrogens is 841 g/mol. The first kappa shape index (κ1) is 61.5. The molecule has 12 heteroatoms. The lowest BCUT2D eigenvalue weighted by Crippen LogP contribution is -2.21. The average Bonchev–Trinajstić information content (AvgIpc) is 3.36. The van der Waals surface area contributed by atoms with Crippen LogP contribution < -0.4 is 0 Å². The highest BCUT2D eigenvalue weighted by molar-refractivity contribution is 5.21. The predicted molar refractivity (Wildman–Crippen MR) is 264 cm³/mol. The highest BCUT2D eigenvalue weighted by Gasteiger charge is 2.24. The van der Waals surface area contributed by atoms with Gasteiger partial charge in [-0.25, -0.2) is 0 Å². The van der Waals surface area contributed by atoms with Crippen molar-refractivity contribution >= 4 is 0 Å². The number of aliphatic hydroxyl groups is 12. The molecule has 12 nitrogen and oxygen atoms in total. The number of rotatable bonds is 36. The molecule has 9 unspecified atom stereocenters. The Morgan fingerprint density at radius 1 is 0.348 bits per heavy atom. The van der Waals surface area contributed by atoms with E-state index in [1.807, 2.05) is 36.4 Å². The zero-order chi connectivity index (χ0) is 48.6. The smallest absolute Gasteiger partial charge is 0.0460 e. The molecule has 380 valence electrons. The molecule has 0 radical (unpaired) electrons. The first-order valence-electron chi connectivity index (χ1n) is 25.0. The van der Waals surface area contributed by atoms with E-state index in [9.17, 15) is 35.7 Å². The van der Waals surface area contributed by atoms with Gasteiger partial charge in [-0.3, -0.25) is 0 Å². The van der Waals surface area contributed by atoms with Gasteiger partial charge in [-0.1, -0.05) is 84.5 Å². The summed E-state index contributed by atoms with van der Waals surface area (Å²) < 4.78 is 0. The van der Waals surface area contributed by atoms with Crippen LogP contribution in [0.2, 0.25) is 0 Å². The van der Waals surface area contributed by atoms with Crippen molar-refractivity contribution in [2.24, 2.45) is 41.4 Å². The lowest BCUT2D eigenvalue weighted by atomic mass is 9.80. The highest BCUT2D eigenvalue weighted by Crippen LogP contribution is 2.35. The monoisotopic (exact) mass is 933 g/mol. The summed E-state index contributed by atoms with van der Waals surface area (Å²) in [6, 6.07) is 20.3. The lowest BCUT2D eigenvalue weighted by molar-refractivity contribution is 0.129. The van der Waals surface area contributed by atoms with Crippen molar-refractivity contribution < 1.29 is 61.3 Å². The topological polar surface area (TPSA) is 243 Å². The summed E-state index contributed by atoms with van der Waals surface area (Å²) in [6.07, 6.45) is 19.8.